The van der Waals surface area contributed by atoms with E-state index in [9.17, 15) is 9.90 Å². The number of aliphatic hydroxyl groups is 1. The highest BCUT2D eigenvalue weighted by atomic mass is 16.6. The molecule has 152 valence electrons. The maximum atomic E-state index is 12.3. The van der Waals surface area contributed by atoms with Crippen LogP contribution in [0.15, 0.2) is 17.3 Å². The number of aliphatic hydroxyl groups excluding tert-OH is 1. The van der Waals surface area contributed by atoms with Crippen LogP contribution in [0.5, 0.6) is 17.2 Å². The van der Waals surface area contributed by atoms with Crippen molar-refractivity contribution >= 4 is 12.2 Å². The Morgan fingerprint density at radius 2 is 1.79 bits per heavy atom. The normalized spacial score (nSPS) is 12.0. The number of carbonyl (C=O) groups is 1. The third kappa shape index (κ3) is 3.74. The average Bonchev–Trinajstić information content (AvgIpc) is 3.09. The SMILES string of the molecule is CO/N=C/c1[nH]c(C(=O)OC)c(C(C)O)c1-c1ccc(OC)c(OC)c1OC. The first-order valence-corrected chi connectivity index (χ1v) is 8.33. The number of aromatic nitrogens is 1. The fourth-order valence-corrected chi connectivity index (χ4v) is 3.01. The van der Waals surface area contributed by atoms with Crippen LogP contribution in [0, 0.1) is 0 Å². The third-order valence-corrected chi connectivity index (χ3v) is 4.14. The molecule has 1 aromatic carbocycles. The van der Waals surface area contributed by atoms with Crippen LogP contribution in [0.1, 0.15) is 34.8 Å². The summed E-state index contributed by atoms with van der Waals surface area (Å²) < 4.78 is 21.2. The van der Waals surface area contributed by atoms with E-state index in [-0.39, 0.29) is 5.69 Å². The number of methoxy groups -OCH3 is 4. The van der Waals surface area contributed by atoms with Crippen LogP contribution < -0.4 is 14.2 Å². The monoisotopic (exact) mass is 392 g/mol. The van der Waals surface area contributed by atoms with Crippen molar-refractivity contribution in [3.8, 4) is 28.4 Å². The minimum atomic E-state index is -0.997. The smallest absolute Gasteiger partial charge is 0.354 e. The van der Waals surface area contributed by atoms with Crippen LogP contribution in [-0.2, 0) is 9.57 Å². The molecule has 0 saturated heterocycles. The van der Waals surface area contributed by atoms with Gasteiger partial charge in [0.1, 0.15) is 12.8 Å². The van der Waals surface area contributed by atoms with E-state index in [1.165, 1.54) is 41.8 Å². The Morgan fingerprint density at radius 3 is 2.29 bits per heavy atom. The van der Waals surface area contributed by atoms with Crippen LogP contribution >= 0.6 is 0 Å². The summed E-state index contributed by atoms with van der Waals surface area (Å²) in [4.78, 5) is 20.0. The predicted molar refractivity (Wildman–Crippen MR) is 102 cm³/mol. The molecule has 1 heterocycles. The second-order valence-corrected chi connectivity index (χ2v) is 5.67. The topological polar surface area (TPSA) is 112 Å². The standard InChI is InChI=1S/C19H24N2O7/c1-10(22)14-15(12(9-20-28-6)21-16(14)19(23)27-5)11-7-8-13(24-2)18(26-4)17(11)25-3/h7-10,21-22H,1-6H3/b20-9+. The van der Waals surface area contributed by atoms with E-state index in [4.69, 9.17) is 23.8 Å². The number of oxime groups is 1. The lowest BCUT2D eigenvalue weighted by Crippen LogP contribution is -2.07. The Kier molecular flexibility index (Phi) is 6.89. The molecule has 0 fully saturated rings. The van der Waals surface area contributed by atoms with Crippen molar-refractivity contribution in [2.24, 2.45) is 5.16 Å². The molecule has 0 spiro atoms. The molecule has 0 saturated carbocycles. The van der Waals surface area contributed by atoms with Gasteiger partial charge in [-0.3, -0.25) is 0 Å². The lowest BCUT2D eigenvalue weighted by molar-refractivity contribution is 0.0588. The largest absolute Gasteiger partial charge is 0.493 e. The number of hydrogen-bond donors (Lipinski definition) is 2. The summed E-state index contributed by atoms with van der Waals surface area (Å²) in [6, 6.07) is 3.44. The Hall–Kier alpha value is -3.20. The van der Waals surface area contributed by atoms with Crippen molar-refractivity contribution in [2.75, 3.05) is 35.5 Å². The summed E-state index contributed by atoms with van der Waals surface area (Å²) >= 11 is 0. The molecule has 1 unspecified atom stereocenters. The molecule has 0 aliphatic rings. The van der Waals surface area contributed by atoms with Gasteiger partial charge in [-0.05, 0) is 19.1 Å². The molecule has 2 aromatic rings. The van der Waals surface area contributed by atoms with Crippen LogP contribution in [-0.4, -0.2) is 57.8 Å². The highest BCUT2D eigenvalue weighted by Gasteiger charge is 2.29. The molecule has 2 N–H and O–H groups in total. The van der Waals surface area contributed by atoms with Crippen molar-refractivity contribution < 1.29 is 33.7 Å². The fourth-order valence-electron chi connectivity index (χ4n) is 3.01. The first-order chi connectivity index (χ1) is 13.4. The number of hydrogen-bond acceptors (Lipinski definition) is 8. The summed E-state index contributed by atoms with van der Waals surface area (Å²) in [5.74, 6) is 0.576. The van der Waals surface area contributed by atoms with Crippen molar-refractivity contribution in [1.82, 2.24) is 4.98 Å². The Morgan fingerprint density at radius 1 is 1.11 bits per heavy atom. The molecule has 9 heteroatoms. The van der Waals surface area contributed by atoms with E-state index >= 15 is 0 Å². The molecule has 0 radical (unpaired) electrons. The van der Waals surface area contributed by atoms with Crippen LogP contribution in [0.3, 0.4) is 0 Å². The molecule has 0 aliphatic carbocycles. The quantitative estimate of drug-likeness (QED) is 0.403. The second kappa shape index (κ2) is 9.14. The summed E-state index contributed by atoms with van der Waals surface area (Å²) in [6.07, 6.45) is 0.395. The van der Waals surface area contributed by atoms with Crippen LogP contribution in [0.2, 0.25) is 0 Å². The van der Waals surface area contributed by atoms with E-state index in [0.29, 0.717) is 39.6 Å². The zero-order valence-corrected chi connectivity index (χ0v) is 16.7. The van der Waals surface area contributed by atoms with Crippen LogP contribution in [0.25, 0.3) is 11.1 Å². The van der Waals surface area contributed by atoms with E-state index in [2.05, 4.69) is 10.1 Å². The number of nitrogens with one attached hydrogen (secondary N) is 1. The van der Waals surface area contributed by atoms with Gasteiger partial charge >= 0.3 is 5.97 Å². The van der Waals surface area contributed by atoms with Crippen molar-refractivity contribution in [2.45, 2.75) is 13.0 Å². The van der Waals surface area contributed by atoms with Gasteiger partial charge in [-0.15, -0.1) is 0 Å². The summed E-state index contributed by atoms with van der Waals surface area (Å²) in [7, 11) is 7.14. The zero-order chi connectivity index (χ0) is 20.8. The molecular formula is C19H24N2O7. The molecule has 2 rings (SSSR count). The zero-order valence-electron chi connectivity index (χ0n) is 16.7. The van der Waals surface area contributed by atoms with E-state index in [1.54, 1.807) is 19.1 Å². The maximum Gasteiger partial charge on any atom is 0.354 e. The lowest BCUT2D eigenvalue weighted by Gasteiger charge is -2.17. The van der Waals surface area contributed by atoms with Gasteiger partial charge in [0, 0.05) is 16.7 Å². The molecule has 1 aromatic heterocycles. The van der Waals surface area contributed by atoms with E-state index in [1.807, 2.05) is 0 Å². The number of nitrogens with zero attached hydrogens (tertiary/aromatic N) is 1. The molecule has 0 aliphatic heterocycles. The van der Waals surface area contributed by atoms with Crippen molar-refractivity contribution in [3.63, 3.8) is 0 Å². The molecule has 1 atom stereocenters. The number of ether oxygens (including phenoxy) is 4. The maximum absolute atomic E-state index is 12.3. The van der Waals surface area contributed by atoms with Crippen LogP contribution in [0.4, 0.5) is 0 Å². The van der Waals surface area contributed by atoms with Crippen molar-refractivity contribution in [1.29, 1.82) is 0 Å². The summed E-state index contributed by atoms with van der Waals surface area (Å²) in [5.41, 5.74) is 1.90. The summed E-state index contributed by atoms with van der Waals surface area (Å²) in [5, 5.41) is 14.2. The van der Waals surface area contributed by atoms with Gasteiger partial charge in [-0.1, -0.05) is 5.16 Å². The Labute approximate surface area is 162 Å². The first-order valence-electron chi connectivity index (χ1n) is 8.33. The second-order valence-electron chi connectivity index (χ2n) is 5.67. The molecular weight excluding hydrogens is 368 g/mol. The van der Waals surface area contributed by atoms with E-state index in [0.717, 1.165) is 0 Å². The van der Waals surface area contributed by atoms with Gasteiger partial charge in [-0.2, -0.15) is 0 Å². The number of esters is 1. The lowest BCUT2D eigenvalue weighted by atomic mass is 9.95. The number of rotatable bonds is 8. The Bertz CT molecular complexity index is 872. The van der Waals surface area contributed by atoms with Gasteiger partial charge in [-0.25, -0.2) is 4.79 Å². The van der Waals surface area contributed by atoms with Gasteiger partial charge in [0.15, 0.2) is 11.5 Å². The molecule has 28 heavy (non-hydrogen) atoms. The van der Waals surface area contributed by atoms with Gasteiger partial charge in [0.25, 0.3) is 0 Å². The minimum Gasteiger partial charge on any atom is -0.493 e. The van der Waals surface area contributed by atoms with E-state index < -0.39 is 12.1 Å². The predicted octanol–water partition coefficient (Wildman–Crippen LogP) is 2.53. The van der Waals surface area contributed by atoms with Gasteiger partial charge in [0.05, 0.1) is 46.5 Å². The first kappa shape index (κ1) is 21.1. The number of carbonyl (C=O) groups excluding carboxylic acids is 1. The van der Waals surface area contributed by atoms with Crippen molar-refractivity contribution in [3.05, 3.63) is 29.1 Å². The Balaban J connectivity index is 2.92. The minimum absolute atomic E-state index is 0.0990. The highest BCUT2D eigenvalue weighted by Crippen LogP contribution is 2.47. The molecule has 0 bridgehead atoms. The highest BCUT2D eigenvalue weighted by molar-refractivity contribution is 6.00. The number of aromatic amines is 1. The summed E-state index contributed by atoms with van der Waals surface area (Å²) in [6.45, 7) is 1.55. The molecule has 0 amide bonds. The number of H-pyrrole nitrogens is 1. The third-order valence-electron chi connectivity index (χ3n) is 4.14. The van der Waals surface area contributed by atoms with Gasteiger partial charge < -0.3 is 33.9 Å². The van der Waals surface area contributed by atoms with Gasteiger partial charge in [0.2, 0.25) is 5.75 Å². The number of benzene rings is 1. The fraction of sp³-hybridized carbons (Fsp3) is 0.368. The average molecular weight is 392 g/mol. The molecule has 9 nitrogen and oxygen atoms in total.